The second-order valence-corrected chi connectivity index (χ2v) is 7.20. The molecule has 0 saturated carbocycles. The molecular weight excluding hydrogens is 315 g/mol. The van der Waals surface area contributed by atoms with Gasteiger partial charge in [-0.25, -0.2) is 4.79 Å². The highest BCUT2D eigenvalue weighted by Gasteiger charge is 2.21. The minimum absolute atomic E-state index is 0.368. The van der Waals surface area contributed by atoms with E-state index in [9.17, 15) is 14.7 Å². The molecule has 0 amide bonds. The van der Waals surface area contributed by atoms with Crippen molar-refractivity contribution in [1.29, 1.82) is 0 Å². The number of aliphatic carboxylic acids is 1. The summed E-state index contributed by atoms with van der Waals surface area (Å²) in [6.07, 6.45) is 0.368. The van der Waals surface area contributed by atoms with E-state index in [0.717, 1.165) is 16.6 Å². The van der Waals surface area contributed by atoms with E-state index in [-0.39, 0.29) is 5.97 Å². The standard InChI is InChI=1S/C20H23BO4/c1-20(2,3)25-19(24)15-6-4-13(5-7-15)12-17(18(22)23)14-8-10-16(21)11-9-14/h4-11,17H,12,21H2,1-3H3,(H,22,23)/t17-/m1/s1. The van der Waals surface area contributed by atoms with E-state index < -0.39 is 17.5 Å². The molecule has 0 aliphatic heterocycles. The monoisotopic (exact) mass is 338 g/mol. The van der Waals surface area contributed by atoms with Gasteiger partial charge in [-0.05, 0) is 50.5 Å². The lowest BCUT2D eigenvalue weighted by Crippen LogP contribution is -2.23. The summed E-state index contributed by atoms with van der Waals surface area (Å²) < 4.78 is 5.33. The van der Waals surface area contributed by atoms with Gasteiger partial charge in [0.15, 0.2) is 0 Å². The van der Waals surface area contributed by atoms with Crippen molar-refractivity contribution in [2.24, 2.45) is 0 Å². The minimum Gasteiger partial charge on any atom is -0.481 e. The summed E-state index contributed by atoms with van der Waals surface area (Å²) in [5.41, 5.74) is 2.64. The molecule has 1 atom stereocenters. The normalized spacial score (nSPS) is 12.4. The molecule has 130 valence electrons. The average Bonchev–Trinajstić information content (AvgIpc) is 2.52. The third-order valence-corrected chi connectivity index (χ3v) is 3.81. The van der Waals surface area contributed by atoms with Crippen molar-refractivity contribution in [3.8, 4) is 0 Å². The number of esters is 1. The summed E-state index contributed by atoms with van der Waals surface area (Å²) in [5.74, 6) is -1.86. The van der Waals surface area contributed by atoms with Crippen LogP contribution in [0.15, 0.2) is 48.5 Å². The molecule has 2 aromatic carbocycles. The molecule has 0 radical (unpaired) electrons. The maximum Gasteiger partial charge on any atom is 0.338 e. The van der Waals surface area contributed by atoms with E-state index in [2.05, 4.69) is 0 Å². The summed E-state index contributed by atoms with van der Waals surface area (Å²) in [5, 5.41) is 9.55. The number of hydrogen-bond acceptors (Lipinski definition) is 3. The van der Waals surface area contributed by atoms with Crippen LogP contribution in [0.5, 0.6) is 0 Å². The molecule has 0 aromatic heterocycles. The lowest BCUT2D eigenvalue weighted by Gasteiger charge is -2.19. The Morgan fingerprint density at radius 3 is 2.08 bits per heavy atom. The number of carboxylic acids is 1. The van der Waals surface area contributed by atoms with Crippen LogP contribution in [-0.2, 0) is 16.0 Å². The predicted molar refractivity (Wildman–Crippen MR) is 100 cm³/mol. The Labute approximate surface area is 149 Å². The van der Waals surface area contributed by atoms with Crippen LogP contribution in [0.25, 0.3) is 0 Å². The molecule has 25 heavy (non-hydrogen) atoms. The second kappa shape index (κ2) is 7.56. The molecule has 0 aliphatic rings. The van der Waals surface area contributed by atoms with E-state index >= 15 is 0 Å². The second-order valence-electron chi connectivity index (χ2n) is 7.20. The van der Waals surface area contributed by atoms with Crippen molar-refractivity contribution >= 4 is 25.2 Å². The lowest BCUT2D eigenvalue weighted by molar-refractivity contribution is -0.138. The van der Waals surface area contributed by atoms with Gasteiger partial charge < -0.3 is 9.84 Å². The molecule has 0 fully saturated rings. The van der Waals surface area contributed by atoms with E-state index in [1.54, 1.807) is 24.3 Å². The molecule has 2 aromatic rings. The number of benzene rings is 2. The summed E-state index contributed by atoms with van der Waals surface area (Å²) in [4.78, 5) is 23.7. The van der Waals surface area contributed by atoms with Gasteiger partial charge in [-0.1, -0.05) is 41.9 Å². The fourth-order valence-electron chi connectivity index (χ4n) is 2.50. The first-order valence-corrected chi connectivity index (χ1v) is 8.27. The minimum atomic E-state index is -0.861. The Balaban J connectivity index is 2.14. The molecular formula is C20H23BO4. The van der Waals surface area contributed by atoms with E-state index in [1.165, 1.54) is 0 Å². The van der Waals surface area contributed by atoms with Crippen molar-refractivity contribution in [3.63, 3.8) is 0 Å². The molecule has 2 rings (SSSR count). The zero-order valence-corrected chi connectivity index (χ0v) is 15.1. The number of carbonyl (C=O) groups is 2. The number of carboxylic acid groups (broad SMARTS) is 1. The van der Waals surface area contributed by atoms with Gasteiger partial charge in [-0.2, -0.15) is 0 Å². The van der Waals surface area contributed by atoms with Crippen molar-refractivity contribution in [2.45, 2.75) is 38.7 Å². The van der Waals surface area contributed by atoms with Gasteiger partial charge in [-0.3, -0.25) is 4.79 Å². The average molecular weight is 338 g/mol. The fourth-order valence-corrected chi connectivity index (χ4v) is 2.50. The molecule has 1 N–H and O–H groups in total. The van der Waals surface area contributed by atoms with Crippen LogP contribution >= 0.6 is 0 Å². The lowest BCUT2D eigenvalue weighted by atomic mass is 9.88. The highest BCUT2D eigenvalue weighted by atomic mass is 16.6. The number of carbonyl (C=O) groups excluding carboxylic acids is 1. The summed E-state index contributed by atoms with van der Waals surface area (Å²) in [6.45, 7) is 5.45. The van der Waals surface area contributed by atoms with Gasteiger partial charge in [0, 0.05) is 0 Å². The summed E-state index contributed by atoms with van der Waals surface area (Å²) in [7, 11) is 1.97. The van der Waals surface area contributed by atoms with Crippen LogP contribution < -0.4 is 5.46 Å². The number of hydrogen-bond donors (Lipinski definition) is 1. The van der Waals surface area contributed by atoms with Crippen LogP contribution in [0.1, 0.15) is 48.2 Å². The zero-order chi connectivity index (χ0) is 18.6. The quantitative estimate of drug-likeness (QED) is 0.671. The number of ether oxygens (including phenoxy) is 1. The van der Waals surface area contributed by atoms with Gasteiger partial charge >= 0.3 is 11.9 Å². The molecule has 0 spiro atoms. The molecule has 0 saturated heterocycles. The molecule has 0 aliphatic carbocycles. The van der Waals surface area contributed by atoms with Gasteiger partial charge in [-0.15, -0.1) is 0 Å². The van der Waals surface area contributed by atoms with Crippen LogP contribution in [0.2, 0.25) is 0 Å². The Morgan fingerprint density at radius 1 is 1.04 bits per heavy atom. The van der Waals surface area contributed by atoms with Crippen LogP contribution in [-0.4, -0.2) is 30.5 Å². The van der Waals surface area contributed by atoms with E-state index in [1.807, 2.05) is 52.9 Å². The number of rotatable bonds is 5. The van der Waals surface area contributed by atoms with Crippen molar-refractivity contribution in [2.75, 3.05) is 0 Å². The van der Waals surface area contributed by atoms with Gasteiger partial charge in [0.05, 0.1) is 11.5 Å². The van der Waals surface area contributed by atoms with Crippen LogP contribution in [0.3, 0.4) is 0 Å². The summed E-state index contributed by atoms with van der Waals surface area (Å²) >= 11 is 0. The summed E-state index contributed by atoms with van der Waals surface area (Å²) in [6, 6.07) is 14.4. The molecule has 0 unspecified atom stereocenters. The fraction of sp³-hybridized carbons (Fsp3) is 0.300. The highest BCUT2D eigenvalue weighted by Crippen LogP contribution is 2.22. The highest BCUT2D eigenvalue weighted by molar-refractivity contribution is 6.32. The SMILES string of the molecule is Bc1ccc([C@@H](Cc2ccc(C(=O)OC(C)(C)C)cc2)C(=O)O)cc1. The third kappa shape index (κ3) is 5.49. The van der Waals surface area contributed by atoms with Crippen molar-refractivity contribution in [3.05, 3.63) is 65.2 Å². The largest absolute Gasteiger partial charge is 0.481 e. The van der Waals surface area contributed by atoms with Crippen molar-refractivity contribution in [1.82, 2.24) is 0 Å². The molecule has 0 bridgehead atoms. The van der Waals surface area contributed by atoms with E-state index in [4.69, 9.17) is 4.74 Å². The van der Waals surface area contributed by atoms with Gasteiger partial charge in [0.1, 0.15) is 13.4 Å². The molecule has 4 nitrogen and oxygen atoms in total. The first-order chi connectivity index (χ1) is 11.7. The Bertz CT molecular complexity index is 743. The maximum atomic E-state index is 12.0. The first-order valence-electron chi connectivity index (χ1n) is 8.27. The smallest absolute Gasteiger partial charge is 0.338 e. The maximum absolute atomic E-state index is 12.0. The third-order valence-electron chi connectivity index (χ3n) is 3.81. The zero-order valence-electron chi connectivity index (χ0n) is 15.1. The van der Waals surface area contributed by atoms with E-state index in [0.29, 0.717) is 12.0 Å². The molecule has 5 heteroatoms. The first kappa shape index (κ1) is 18.8. The predicted octanol–water partition coefficient (Wildman–Crippen LogP) is 2.31. The van der Waals surface area contributed by atoms with Gasteiger partial charge in [0.2, 0.25) is 0 Å². The van der Waals surface area contributed by atoms with Gasteiger partial charge in [0.25, 0.3) is 0 Å². The Hall–Kier alpha value is -2.56. The Morgan fingerprint density at radius 2 is 1.60 bits per heavy atom. The Kier molecular flexibility index (Phi) is 5.68. The molecule has 0 heterocycles. The van der Waals surface area contributed by atoms with Crippen LogP contribution in [0, 0.1) is 0 Å². The van der Waals surface area contributed by atoms with Crippen LogP contribution in [0.4, 0.5) is 0 Å². The van der Waals surface area contributed by atoms with Crippen molar-refractivity contribution < 1.29 is 19.4 Å². The topological polar surface area (TPSA) is 63.6 Å².